The van der Waals surface area contributed by atoms with Crippen LogP contribution in [-0.4, -0.2) is 22.1 Å². The van der Waals surface area contributed by atoms with E-state index in [9.17, 15) is 0 Å². The van der Waals surface area contributed by atoms with Gasteiger partial charge >= 0.3 is 26.2 Å². The molecular formula is C24H26O4S2Zr. The number of ether oxygens (including phenoxy) is 2. The molecule has 4 aromatic rings. The quantitative estimate of drug-likeness (QED) is 0.145. The van der Waals surface area contributed by atoms with Gasteiger partial charge in [-0.2, -0.15) is 36.4 Å². The van der Waals surface area contributed by atoms with Crippen LogP contribution < -0.4 is 9.47 Å². The van der Waals surface area contributed by atoms with E-state index in [-0.39, 0.29) is 37.7 Å². The molecule has 0 unspecified atom stereocenters. The molecule has 4 nitrogen and oxygen atoms in total. The third kappa shape index (κ3) is 16.3. The Morgan fingerprint density at radius 2 is 0.968 bits per heavy atom. The smallest absolute Gasteiger partial charge is 0.508 e. The molecule has 0 aliphatic heterocycles. The van der Waals surface area contributed by atoms with Crippen LogP contribution in [0.3, 0.4) is 0 Å². The molecule has 0 radical (unpaired) electrons. The van der Waals surface area contributed by atoms with Gasteiger partial charge in [0, 0.05) is 12.1 Å². The third-order valence-corrected chi connectivity index (χ3v) is 3.47. The van der Waals surface area contributed by atoms with Gasteiger partial charge in [0.15, 0.2) is 0 Å². The Kier molecular flexibility index (Phi) is 18.5. The maximum absolute atomic E-state index is 8.93. The number of hydrogen-bond donors (Lipinski definition) is 4. The number of thiol groups is 2. The molecule has 4 rings (SSSR count). The van der Waals surface area contributed by atoms with Crippen molar-refractivity contribution in [3.63, 3.8) is 0 Å². The molecule has 0 bridgehead atoms. The Morgan fingerprint density at radius 3 is 1.19 bits per heavy atom. The van der Waals surface area contributed by atoms with Gasteiger partial charge in [-0.1, -0.05) is 12.1 Å². The van der Waals surface area contributed by atoms with Crippen LogP contribution in [0.5, 0.6) is 23.0 Å². The van der Waals surface area contributed by atoms with Gasteiger partial charge in [-0.25, -0.2) is 24.3 Å². The first-order chi connectivity index (χ1) is 14.7. The molecule has 0 atom stereocenters. The summed E-state index contributed by atoms with van der Waals surface area (Å²) in [4.78, 5) is 0. The Labute approximate surface area is 214 Å². The summed E-state index contributed by atoms with van der Waals surface area (Å²) in [6, 6.07) is 33.2. The average molecular weight is 534 g/mol. The van der Waals surface area contributed by atoms with Crippen molar-refractivity contribution in [2.45, 2.75) is 0 Å². The minimum atomic E-state index is 0. The first-order valence-corrected chi connectivity index (χ1v) is 10.3. The Bertz CT molecular complexity index is 761. The van der Waals surface area contributed by atoms with Gasteiger partial charge in [-0.3, -0.25) is 0 Å². The van der Waals surface area contributed by atoms with Gasteiger partial charge in [0.05, 0.1) is 0 Å². The van der Waals surface area contributed by atoms with Gasteiger partial charge in [-0.05, 0) is 24.3 Å². The molecule has 0 aliphatic carbocycles. The molecule has 0 heterocycles. The van der Waals surface area contributed by atoms with Crippen molar-refractivity contribution >= 4 is 25.3 Å². The Morgan fingerprint density at radius 1 is 0.613 bits per heavy atom. The zero-order valence-corrected chi connectivity index (χ0v) is 21.2. The van der Waals surface area contributed by atoms with Gasteiger partial charge < -0.3 is 19.7 Å². The fourth-order valence-electron chi connectivity index (χ4n) is 1.94. The third-order valence-electron chi connectivity index (χ3n) is 3.21. The molecule has 0 aliphatic rings. The second-order valence-electron chi connectivity index (χ2n) is 5.47. The minimum Gasteiger partial charge on any atom is -0.508 e. The van der Waals surface area contributed by atoms with Crippen molar-refractivity contribution < 1.29 is 45.9 Å². The second-order valence-corrected chi connectivity index (χ2v) is 5.98. The average Bonchev–Trinajstić information content (AvgIpc) is 3.48. The summed E-state index contributed by atoms with van der Waals surface area (Å²) in [6.45, 7) is 0. The number of aromatic hydroxyl groups is 2. The number of phenols is 2. The molecule has 31 heavy (non-hydrogen) atoms. The summed E-state index contributed by atoms with van der Waals surface area (Å²) < 4.78 is 9.98. The summed E-state index contributed by atoms with van der Waals surface area (Å²) in [5, 5.41) is 17.9. The molecule has 0 amide bonds. The molecule has 4 aromatic carbocycles. The van der Waals surface area contributed by atoms with E-state index >= 15 is 0 Å². The number of phenolic OH excluding ortho intramolecular Hbond substituents is 2. The van der Waals surface area contributed by atoms with Crippen LogP contribution in [0.25, 0.3) is 0 Å². The molecule has 7 heteroatoms. The topological polar surface area (TPSA) is 58.9 Å². The molecule has 0 spiro atoms. The summed E-state index contributed by atoms with van der Waals surface area (Å²) in [6.07, 6.45) is 0. The van der Waals surface area contributed by atoms with E-state index < -0.39 is 0 Å². The van der Waals surface area contributed by atoms with E-state index in [0.717, 1.165) is 0 Å². The second kappa shape index (κ2) is 19.9. The van der Waals surface area contributed by atoms with Crippen LogP contribution in [0.4, 0.5) is 0 Å². The van der Waals surface area contributed by atoms with Crippen LogP contribution >= 0.6 is 25.3 Å². The Hall–Kier alpha value is -2.08. The van der Waals surface area contributed by atoms with Crippen molar-refractivity contribution in [2.24, 2.45) is 0 Å². The van der Waals surface area contributed by atoms with Crippen molar-refractivity contribution in [1.82, 2.24) is 0 Å². The predicted molar refractivity (Wildman–Crippen MR) is 129 cm³/mol. The van der Waals surface area contributed by atoms with Gasteiger partial charge in [0.2, 0.25) is 0 Å². The summed E-state index contributed by atoms with van der Waals surface area (Å²) in [5.74, 6) is 2.33. The van der Waals surface area contributed by atoms with Gasteiger partial charge in [0.25, 0.3) is 0 Å². The standard InChI is InChI=1S/2C7H8O2S.2C5H5.Zr/c2*8-6-2-1-3-7(4-6)9-5-10;2*1-2-4-5-3-1;/h2*1-4,8,10H,5H2;2*1-5H;/q;;2*-1;+2. The fourth-order valence-corrected chi connectivity index (χ4v) is 2.24. The maximum Gasteiger partial charge on any atom is 2.00 e. The molecule has 2 N–H and O–H groups in total. The zero-order chi connectivity index (χ0) is 21.9. The first kappa shape index (κ1) is 28.9. The van der Waals surface area contributed by atoms with Crippen LogP contribution in [0, 0.1) is 0 Å². The summed E-state index contributed by atoms with van der Waals surface area (Å²) in [7, 11) is 0. The molecule has 0 fully saturated rings. The first-order valence-electron chi connectivity index (χ1n) is 9.04. The molecule has 162 valence electrons. The van der Waals surface area contributed by atoms with Crippen molar-refractivity contribution in [2.75, 3.05) is 11.9 Å². The number of hydrogen-bond acceptors (Lipinski definition) is 6. The molecule has 0 saturated heterocycles. The van der Waals surface area contributed by atoms with E-state index in [1.54, 1.807) is 36.4 Å². The monoisotopic (exact) mass is 532 g/mol. The van der Waals surface area contributed by atoms with Gasteiger partial charge in [0.1, 0.15) is 34.9 Å². The fraction of sp³-hybridized carbons (Fsp3) is 0.0833. The van der Waals surface area contributed by atoms with Crippen LogP contribution in [0.2, 0.25) is 0 Å². The maximum atomic E-state index is 8.93. The molecule has 0 aromatic heterocycles. The molecule has 0 saturated carbocycles. The SMILES string of the molecule is Oc1cccc(OCS)c1.Oc1cccc(OCS)c1.[Zr+2].c1cc[cH-]c1.c1cc[cH-]c1. The van der Waals surface area contributed by atoms with Crippen LogP contribution in [-0.2, 0) is 26.2 Å². The van der Waals surface area contributed by atoms with Crippen LogP contribution in [0.15, 0.2) is 109 Å². The predicted octanol–water partition coefficient (Wildman–Crippen LogP) is 6.13. The van der Waals surface area contributed by atoms with Crippen molar-refractivity contribution in [1.29, 1.82) is 0 Å². The number of benzene rings is 2. The van der Waals surface area contributed by atoms with E-state index in [4.69, 9.17) is 19.7 Å². The Balaban J connectivity index is 0.000000401. The van der Waals surface area contributed by atoms with Crippen LogP contribution in [0.1, 0.15) is 0 Å². The van der Waals surface area contributed by atoms with Crippen molar-refractivity contribution in [3.05, 3.63) is 109 Å². The number of rotatable bonds is 4. The summed E-state index contributed by atoms with van der Waals surface area (Å²) >= 11 is 7.72. The largest absolute Gasteiger partial charge is 2.00 e. The normalized spacial score (nSPS) is 8.58. The minimum absolute atomic E-state index is 0. The van der Waals surface area contributed by atoms with E-state index in [1.165, 1.54) is 12.1 Å². The van der Waals surface area contributed by atoms with E-state index in [2.05, 4.69) is 25.3 Å². The summed E-state index contributed by atoms with van der Waals surface area (Å²) in [5.41, 5.74) is 0. The zero-order valence-electron chi connectivity index (χ0n) is 16.9. The van der Waals surface area contributed by atoms with Crippen molar-refractivity contribution in [3.8, 4) is 23.0 Å². The van der Waals surface area contributed by atoms with E-state index in [1.807, 2.05) is 60.7 Å². The van der Waals surface area contributed by atoms with E-state index in [0.29, 0.717) is 23.4 Å². The molecular weight excluding hydrogens is 508 g/mol. The van der Waals surface area contributed by atoms with Gasteiger partial charge in [-0.15, -0.1) is 25.3 Å².